The maximum absolute atomic E-state index is 10.2. The van der Waals surface area contributed by atoms with Crippen molar-refractivity contribution in [3.8, 4) is 0 Å². The normalized spacial score (nSPS) is 21.5. The summed E-state index contributed by atoms with van der Waals surface area (Å²) in [5.41, 5.74) is 1.02. The smallest absolute Gasteiger partial charge is 0.0942 e. The fourth-order valence-corrected chi connectivity index (χ4v) is 2.28. The number of benzene rings is 1. The molecule has 1 N–H and O–H groups in total. The third-order valence-electron chi connectivity index (χ3n) is 3.31. The number of hydrogen-bond acceptors (Lipinski definition) is 2. The minimum Gasteiger partial charge on any atom is -0.387 e. The van der Waals surface area contributed by atoms with Crippen LogP contribution in [0.1, 0.15) is 31.4 Å². The molecule has 1 aromatic rings. The van der Waals surface area contributed by atoms with E-state index in [0.717, 1.165) is 18.7 Å². The van der Waals surface area contributed by atoms with Crippen molar-refractivity contribution < 1.29 is 5.11 Å². The predicted molar refractivity (Wildman–Crippen MR) is 61.7 cm³/mol. The monoisotopic (exact) mass is 205 g/mol. The standard InChI is InChI=1S/C13H19NO/c1-11(14-9-5-6-10-14)13(15)12-7-3-2-4-8-12/h2-4,7-8,11,13,15H,5-6,9-10H2,1H3/t11-,13-/m0/s1. The van der Waals surface area contributed by atoms with Crippen molar-refractivity contribution in [2.45, 2.75) is 31.9 Å². The Labute approximate surface area is 91.5 Å². The molecule has 1 aliphatic rings. The molecule has 0 spiro atoms. The molecule has 2 rings (SSSR count). The van der Waals surface area contributed by atoms with E-state index in [1.807, 2.05) is 30.3 Å². The average Bonchev–Trinajstić information content (AvgIpc) is 2.82. The molecule has 2 nitrogen and oxygen atoms in total. The van der Waals surface area contributed by atoms with Crippen molar-refractivity contribution >= 4 is 0 Å². The molecule has 0 unspecified atom stereocenters. The molecule has 1 saturated heterocycles. The lowest BCUT2D eigenvalue weighted by molar-refractivity contribution is 0.0716. The Bertz CT molecular complexity index is 293. The van der Waals surface area contributed by atoms with Crippen LogP contribution in [0.2, 0.25) is 0 Å². The van der Waals surface area contributed by atoms with E-state index in [1.165, 1.54) is 12.8 Å². The number of hydrogen-bond donors (Lipinski definition) is 1. The van der Waals surface area contributed by atoms with Gasteiger partial charge in [-0.2, -0.15) is 0 Å². The van der Waals surface area contributed by atoms with Crippen LogP contribution < -0.4 is 0 Å². The minimum atomic E-state index is -0.357. The van der Waals surface area contributed by atoms with Gasteiger partial charge in [-0.05, 0) is 38.4 Å². The maximum atomic E-state index is 10.2. The molecule has 0 bridgehead atoms. The number of aliphatic hydroxyl groups excluding tert-OH is 1. The third kappa shape index (κ3) is 2.39. The first-order valence-electron chi connectivity index (χ1n) is 5.76. The van der Waals surface area contributed by atoms with E-state index < -0.39 is 0 Å². The zero-order valence-corrected chi connectivity index (χ0v) is 9.26. The fourth-order valence-electron chi connectivity index (χ4n) is 2.28. The Balaban J connectivity index is 2.03. The first kappa shape index (κ1) is 10.7. The summed E-state index contributed by atoms with van der Waals surface area (Å²) in [6, 6.07) is 10.2. The van der Waals surface area contributed by atoms with E-state index in [4.69, 9.17) is 0 Å². The summed E-state index contributed by atoms with van der Waals surface area (Å²) in [6.45, 7) is 4.37. The van der Waals surface area contributed by atoms with Crippen LogP contribution in [-0.2, 0) is 0 Å². The van der Waals surface area contributed by atoms with Crippen molar-refractivity contribution in [2.24, 2.45) is 0 Å². The quantitative estimate of drug-likeness (QED) is 0.817. The summed E-state index contributed by atoms with van der Waals surface area (Å²) in [7, 11) is 0. The van der Waals surface area contributed by atoms with Crippen molar-refractivity contribution in [3.05, 3.63) is 35.9 Å². The van der Waals surface area contributed by atoms with Crippen molar-refractivity contribution in [2.75, 3.05) is 13.1 Å². The molecule has 0 aromatic heterocycles. The van der Waals surface area contributed by atoms with Gasteiger partial charge in [-0.3, -0.25) is 4.90 Å². The maximum Gasteiger partial charge on any atom is 0.0942 e. The van der Waals surface area contributed by atoms with Crippen molar-refractivity contribution in [3.63, 3.8) is 0 Å². The molecule has 0 aliphatic carbocycles. The van der Waals surface area contributed by atoms with E-state index in [1.54, 1.807) is 0 Å². The lowest BCUT2D eigenvalue weighted by Gasteiger charge is -2.28. The van der Waals surface area contributed by atoms with Gasteiger partial charge in [-0.1, -0.05) is 30.3 Å². The molecule has 1 aromatic carbocycles. The molecular weight excluding hydrogens is 186 g/mol. The van der Waals surface area contributed by atoms with Crippen LogP contribution in [0.4, 0.5) is 0 Å². The summed E-state index contributed by atoms with van der Waals surface area (Å²) < 4.78 is 0. The molecule has 0 saturated carbocycles. The molecule has 0 amide bonds. The van der Waals surface area contributed by atoms with Crippen LogP contribution in [-0.4, -0.2) is 29.1 Å². The molecule has 82 valence electrons. The van der Waals surface area contributed by atoms with E-state index in [0.29, 0.717) is 0 Å². The Hall–Kier alpha value is -0.860. The SMILES string of the molecule is C[C@@H]([C@H](O)c1ccccc1)N1CCCC1. The predicted octanol–water partition coefficient (Wildman–Crippen LogP) is 2.20. The lowest BCUT2D eigenvalue weighted by Crippen LogP contribution is -2.35. The molecule has 1 heterocycles. The first-order chi connectivity index (χ1) is 7.29. The van der Waals surface area contributed by atoms with Crippen LogP contribution in [0.15, 0.2) is 30.3 Å². The second kappa shape index (κ2) is 4.77. The number of aliphatic hydroxyl groups is 1. The molecular formula is C13H19NO. The highest BCUT2D eigenvalue weighted by Gasteiger charge is 2.24. The van der Waals surface area contributed by atoms with E-state index in [2.05, 4.69) is 11.8 Å². The Morgan fingerprint density at radius 1 is 1.13 bits per heavy atom. The molecule has 0 radical (unpaired) electrons. The van der Waals surface area contributed by atoms with Crippen molar-refractivity contribution in [1.29, 1.82) is 0 Å². The minimum absolute atomic E-state index is 0.231. The lowest BCUT2D eigenvalue weighted by atomic mass is 10.0. The van der Waals surface area contributed by atoms with E-state index in [9.17, 15) is 5.11 Å². The van der Waals surface area contributed by atoms with Gasteiger partial charge in [-0.15, -0.1) is 0 Å². The first-order valence-corrected chi connectivity index (χ1v) is 5.76. The Kier molecular flexibility index (Phi) is 3.39. The van der Waals surface area contributed by atoms with Gasteiger partial charge < -0.3 is 5.11 Å². The molecule has 2 atom stereocenters. The Morgan fingerprint density at radius 2 is 1.73 bits per heavy atom. The van der Waals surface area contributed by atoms with Gasteiger partial charge in [0.1, 0.15) is 0 Å². The number of rotatable bonds is 3. The van der Waals surface area contributed by atoms with Crippen molar-refractivity contribution in [1.82, 2.24) is 4.90 Å². The Morgan fingerprint density at radius 3 is 2.33 bits per heavy atom. The fraction of sp³-hybridized carbons (Fsp3) is 0.538. The van der Waals surface area contributed by atoms with Crippen LogP contribution in [0.3, 0.4) is 0 Å². The van der Waals surface area contributed by atoms with Crippen LogP contribution in [0.5, 0.6) is 0 Å². The zero-order valence-electron chi connectivity index (χ0n) is 9.26. The summed E-state index contributed by atoms with van der Waals surface area (Å²) in [4.78, 5) is 2.37. The van der Waals surface area contributed by atoms with Crippen LogP contribution in [0.25, 0.3) is 0 Å². The topological polar surface area (TPSA) is 23.5 Å². The summed E-state index contributed by atoms with van der Waals surface area (Å²) in [6.07, 6.45) is 2.18. The van der Waals surface area contributed by atoms with Crippen LogP contribution in [0, 0.1) is 0 Å². The highest BCUT2D eigenvalue weighted by Crippen LogP contribution is 2.23. The van der Waals surface area contributed by atoms with Gasteiger partial charge in [-0.25, -0.2) is 0 Å². The third-order valence-corrected chi connectivity index (χ3v) is 3.31. The highest BCUT2D eigenvalue weighted by molar-refractivity contribution is 5.18. The van der Waals surface area contributed by atoms with Crippen LogP contribution >= 0.6 is 0 Å². The molecule has 2 heteroatoms. The van der Waals surface area contributed by atoms with E-state index >= 15 is 0 Å². The van der Waals surface area contributed by atoms with Gasteiger partial charge in [0.05, 0.1) is 6.10 Å². The number of likely N-dealkylation sites (tertiary alicyclic amines) is 1. The molecule has 15 heavy (non-hydrogen) atoms. The van der Waals surface area contributed by atoms with Gasteiger partial charge in [0.15, 0.2) is 0 Å². The molecule has 1 fully saturated rings. The van der Waals surface area contributed by atoms with Gasteiger partial charge >= 0.3 is 0 Å². The number of nitrogens with zero attached hydrogens (tertiary/aromatic N) is 1. The van der Waals surface area contributed by atoms with Gasteiger partial charge in [0.2, 0.25) is 0 Å². The largest absolute Gasteiger partial charge is 0.387 e. The van der Waals surface area contributed by atoms with Gasteiger partial charge in [0.25, 0.3) is 0 Å². The summed E-state index contributed by atoms with van der Waals surface area (Å²) in [5, 5.41) is 10.2. The second-order valence-electron chi connectivity index (χ2n) is 4.34. The second-order valence-corrected chi connectivity index (χ2v) is 4.34. The highest BCUT2D eigenvalue weighted by atomic mass is 16.3. The van der Waals surface area contributed by atoms with Gasteiger partial charge in [0, 0.05) is 6.04 Å². The molecule has 1 aliphatic heterocycles. The average molecular weight is 205 g/mol. The summed E-state index contributed by atoms with van der Waals surface area (Å²) in [5.74, 6) is 0. The summed E-state index contributed by atoms with van der Waals surface area (Å²) >= 11 is 0. The van der Waals surface area contributed by atoms with E-state index in [-0.39, 0.29) is 12.1 Å². The zero-order chi connectivity index (χ0) is 10.7.